The van der Waals surface area contributed by atoms with E-state index in [0.717, 1.165) is 5.56 Å². The van der Waals surface area contributed by atoms with Crippen LogP contribution in [0.2, 0.25) is 0 Å². The van der Waals surface area contributed by atoms with Gasteiger partial charge in [-0.05, 0) is 39.7 Å². The van der Waals surface area contributed by atoms with Crippen molar-refractivity contribution >= 4 is 15.9 Å². The van der Waals surface area contributed by atoms with Crippen LogP contribution in [0.1, 0.15) is 17.0 Å². The van der Waals surface area contributed by atoms with Crippen LogP contribution in [-0.4, -0.2) is 18.8 Å². The maximum absolute atomic E-state index is 9.75. The third kappa shape index (κ3) is 3.44. The minimum atomic E-state index is -0.474. The SMILES string of the molecule is C=CCOc1c(Br)cc(C2C(C#N)=C(N)Oc3cc(O)ccc32)cc1OC. The highest BCUT2D eigenvalue weighted by atomic mass is 79.9. The van der Waals surface area contributed by atoms with E-state index >= 15 is 0 Å². The van der Waals surface area contributed by atoms with Crippen molar-refractivity contribution in [2.24, 2.45) is 5.73 Å². The van der Waals surface area contributed by atoms with E-state index in [9.17, 15) is 10.4 Å². The Kier molecular flexibility index (Phi) is 5.28. The molecule has 0 saturated carbocycles. The molecule has 1 aliphatic rings. The molecule has 1 heterocycles. The Bertz CT molecular complexity index is 979. The van der Waals surface area contributed by atoms with Gasteiger partial charge in [-0.2, -0.15) is 5.26 Å². The number of phenolic OH excluding ortho intramolecular Hbond substituents is 1. The summed E-state index contributed by atoms with van der Waals surface area (Å²) in [6.45, 7) is 3.97. The third-order valence-corrected chi connectivity index (χ3v) is 4.72. The van der Waals surface area contributed by atoms with E-state index in [1.54, 1.807) is 24.3 Å². The van der Waals surface area contributed by atoms with Gasteiger partial charge in [-0.25, -0.2) is 0 Å². The first-order chi connectivity index (χ1) is 13.0. The maximum Gasteiger partial charge on any atom is 0.205 e. The number of methoxy groups -OCH3 is 1. The van der Waals surface area contributed by atoms with Crippen LogP contribution in [0, 0.1) is 11.3 Å². The number of nitrogens with two attached hydrogens (primary N) is 1. The first-order valence-corrected chi connectivity index (χ1v) is 8.81. The highest BCUT2D eigenvalue weighted by molar-refractivity contribution is 9.10. The summed E-state index contributed by atoms with van der Waals surface area (Å²) >= 11 is 3.50. The van der Waals surface area contributed by atoms with Crippen LogP contribution in [0.15, 0.2) is 58.9 Å². The lowest BCUT2D eigenvalue weighted by Crippen LogP contribution is -2.21. The molecule has 0 saturated heterocycles. The number of nitrogens with zero attached hydrogens (tertiary/aromatic N) is 1. The summed E-state index contributed by atoms with van der Waals surface area (Å²) in [5, 5.41) is 19.4. The van der Waals surface area contributed by atoms with E-state index in [4.69, 9.17) is 19.9 Å². The van der Waals surface area contributed by atoms with Crippen molar-refractivity contribution in [3.05, 3.63) is 70.0 Å². The lowest BCUT2D eigenvalue weighted by Gasteiger charge is -2.27. The summed E-state index contributed by atoms with van der Waals surface area (Å²) < 4.78 is 17.3. The minimum Gasteiger partial charge on any atom is -0.508 e. The number of phenols is 1. The number of ether oxygens (including phenoxy) is 3. The number of fused-ring (bicyclic) bond motifs is 1. The average molecular weight is 429 g/mol. The normalized spacial score (nSPS) is 15.4. The van der Waals surface area contributed by atoms with Crippen LogP contribution in [0.4, 0.5) is 0 Å². The molecule has 0 aliphatic carbocycles. The molecule has 0 spiro atoms. The van der Waals surface area contributed by atoms with Gasteiger partial charge in [0.2, 0.25) is 5.88 Å². The van der Waals surface area contributed by atoms with E-state index in [1.807, 2.05) is 6.07 Å². The van der Waals surface area contributed by atoms with Crippen molar-refractivity contribution in [2.75, 3.05) is 13.7 Å². The number of hydrogen-bond donors (Lipinski definition) is 2. The average Bonchev–Trinajstić information content (AvgIpc) is 2.65. The molecule has 0 bridgehead atoms. The van der Waals surface area contributed by atoms with Crippen LogP contribution < -0.4 is 19.9 Å². The predicted molar refractivity (Wildman–Crippen MR) is 104 cm³/mol. The number of allylic oxidation sites excluding steroid dienone is 1. The molecule has 7 heteroatoms. The standard InChI is InChI=1S/C20H17BrN2O4/c1-3-6-26-19-15(21)7-11(8-17(19)25-2)18-13-5-4-12(24)9-16(13)27-20(23)14(18)10-22/h3-5,7-9,18,24H,1,6,23H2,2H3. The fourth-order valence-corrected chi connectivity index (χ4v) is 3.55. The molecule has 0 radical (unpaired) electrons. The summed E-state index contributed by atoms with van der Waals surface area (Å²) in [7, 11) is 1.54. The Morgan fingerprint density at radius 1 is 1.41 bits per heavy atom. The zero-order valence-electron chi connectivity index (χ0n) is 14.5. The van der Waals surface area contributed by atoms with Gasteiger partial charge in [0.05, 0.1) is 17.5 Å². The molecule has 3 N–H and O–H groups in total. The van der Waals surface area contributed by atoms with E-state index in [1.165, 1.54) is 13.2 Å². The molecule has 138 valence electrons. The molecule has 0 aromatic heterocycles. The van der Waals surface area contributed by atoms with Gasteiger partial charge in [-0.15, -0.1) is 0 Å². The van der Waals surface area contributed by atoms with Crippen molar-refractivity contribution < 1.29 is 19.3 Å². The van der Waals surface area contributed by atoms with Crippen molar-refractivity contribution in [1.82, 2.24) is 0 Å². The smallest absolute Gasteiger partial charge is 0.205 e. The zero-order chi connectivity index (χ0) is 19.6. The second kappa shape index (κ2) is 7.64. The van der Waals surface area contributed by atoms with Gasteiger partial charge < -0.3 is 25.1 Å². The van der Waals surface area contributed by atoms with Crippen LogP contribution >= 0.6 is 15.9 Å². The molecule has 1 atom stereocenters. The maximum atomic E-state index is 9.75. The Hall–Kier alpha value is -3.11. The monoisotopic (exact) mass is 428 g/mol. The van der Waals surface area contributed by atoms with Crippen molar-refractivity contribution in [3.63, 3.8) is 0 Å². The quantitative estimate of drug-likeness (QED) is 0.699. The van der Waals surface area contributed by atoms with Crippen LogP contribution in [0.5, 0.6) is 23.0 Å². The van der Waals surface area contributed by atoms with Gasteiger partial charge in [-0.1, -0.05) is 18.7 Å². The van der Waals surface area contributed by atoms with Crippen LogP contribution in [0.3, 0.4) is 0 Å². The van der Waals surface area contributed by atoms with E-state index in [0.29, 0.717) is 33.9 Å². The lowest BCUT2D eigenvalue weighted by molar-refractivity contribution is 0.324. The van der Waals surface area contributed by atoms with Gasteiger partial charge in [0.1, 0.15) is 29.7 Å². The number of rotatable bonds is 5. The summed E-state index contributed by atoms with van der Waals surface area (Å²) in [4.78, 5) is 0. The highest BCUT2D eigenvalue weighted by Gasteiger charge is 2.32. The van der Waals surface area contributed by atoms with Gasteiger partial charge in [0.15, 0.2) is 11.5 Å². The van der Waals surface area contributed by atoms with Gasteiger partial charge in [0, 0.05) is 11.6 Å². The Morgan fingerprint density at radius 2 is 2.19 bits per heavy atom. The molecular formula is C20H17BrN2O4. The van der Waals surface area contributed by atoms with Crippen LogP contribution in [0.25, 0.3) is 0 Å². The largest absolute Gasteiger partial charge is 0.508 e. The second-order valence-electron chi connectivity index (χ2n) is 5.78. The summed E-state index contributed by atoms with van der Waals surface area (Å²) in [6, 6.07) is 10.5. The van der Waals surface area contributed by atoms with E-state index in [2.05, 4.69) is 28.6 Å². The molecule has 6 nitrogen and oxygen atoms in total. The van der Waals surface area contributed by atoms with Gasteiger partial charge >= 0.3 is 0 Å². The molecule has 0 fully saturated rings. The number of halogens is 1. The van der Waals surface area contributed by atoms with Crippen molar-refractivity contribution in [1.29, 1.82) is 5.26 Å². The molecule has 27 heavy (non-hydrogen) atoms. The van der Waals surface area contributed by atoms with Gasteiger partial charge in [-0.3, -0.25) is 0 Å². The zero-order valence-corrected chi connectivity index (χ0v) is 16.1. The topological polar surface area (TPSA) is 97.7 Å². The molecule has 2 aromatic carbocycles. The summed E-state index contributed by atoms with van der Waals surface area (Å²) in [5.41, 5.74) is 7.72. The Labute approximate surface area is 165 Å². The highest BCUT2D eigenvalue weighted by Crippen LogP contribution is 2.46. The summed E-state index contributed by atoms with van der Waals surface area (Å²) in [5.74, 6) is 1.02. The molecule has 3 rings (SSSR count). The Morgan fingerprint density at radius 3 is 2.85 bits per heavy atom. The first-order valence-electron chi connectivity index (χ1n) is 8.01. The van der Waals surface area contributed by atoms with E-state index < -0.39 is 5.92 Å². The van der Waals surface area contributed by atoms with Crippen molar-refractivity contribution in [2.45, 2.75) is 5.92 Å². The third-order valence-electron chi connectivity index (χ3n) is 4.13. The summed E-state index contributed by atoms with van der Waals surface area (Å²) in [6.07, 6.45) is 1.64. The second-order valence-corrected chi connectivity index (χ2v) is 6.64. The number of nitriles is 1. The van der Waals surface area contributed by atoms with Crippen molar-refractivity contribution in [3.8, 4) is 29.1 Å². The first kappa shape index (κ1) is 18.7. The van der Waals surface area contributed by atoms with E-state index in [-0.39, 0.29) is 17.2 Å². The fraction of sp³-hybridized carbons (Fsp3) is 0.150. The number of hydrogen-bond acceptors (Lipinski definition) is 6. The number of aromatic hydroxyl groups is 1. The molecule has 1 unspecified atom stereocenters. The molecular weight excluding hydrogens is 412 g/mol. The molecule has 2 aromatic rings. The van der Waals surface area contributed by atoms with Crippen LogP contribution in [-0.2, 0) is 0 Å². The fourth-order valence-electron chi connectivity index (χ4n) is 2.98. The minimum absolute atomic E-state index is 0.00248. The van der Waals surface area contributed by atoms with Gasteiger partial charge in [0.25, 0.3) is 0 Å². The Balaban J connectivity index is 2.18. The number of benzene rings is 2. The molecule has 1 aliphatic heterocycles. The predicted octanol–water partition coefficient (Wildman–Crippen LogP) is 3.95. The molecule has 0 amide bonds. The lowest BCUT2D eigenvalue weighted by atomic mass is 9.83.